The predicted molar refractivity (Wildman–Crippen MR) is 86.7 cm³/mol. The number of nitrogens with zero attached hydrogens (tertiary/aromatic N) is 2. The zero-order valence-corrected chi connectivity index (χ0v) is 12.0. The summed E-state index contributed by atoms with van der Waals surface area (Å²) in [7, 11) is 0. The lowest BCUT2D eigenvalue weighted by atomic mass is 10.1. The topological polar surface area (TPSA) is 43.8 Å². The summed E-state index contributed by atoms with van der Waals surface area (Å²) in [4.78, 5) is 5.17. The molecule has 0 spiro atoms. The van der Waals surface area contributed by atoms with Crippen LogP contribution in [0.4, 0.5) is 0 Å². The van der Waals surface area contributed by atoms with E-state index in [1.54, 1.807) is 0 Å². The fourth-order valence-corrected chi connectivity index (χ4v) is 2.44. The number of aryl methyl sites for hydroxylation is 1. The van der Waals surface area contributed by atoms with Gasteiger partial charge in [-0.05, 0) is 19.1 Å². The molecule has 0 bridgehead atoms. The van der Waals surface area contributed by atoms with Crippen molar-refractivity contribution in [1.29, 1.82) is 0 Å². The van der Waals surface area contributed by atoms with E-state index in [1.807, 2.05) is 24.3 Å². The fraction of sp³-hybridized carbons (Fsp3) is 0.125. The Hall–Kier alpha value is -2.20. The first-order valence-corrected chi connectivity index (χ1v) is 6.86. The molecule has 0 saturated carbocycles. The van der Waals surface area contributed by atoms with E-state index in [0.29, 0.717) is 11.5 Å². The molecule has 1 heterocycles. The normalized spacial score (nSPS) is 10.8. The Balaban J connectivity index is 2.23. The van der Waals surface area contributed by atoms with Gasteiger partial charge in [0.05, 0.1) is 22.6 Å². The van der Waals surface area contributed by atoms with Crippen LogP contribution in [0.5, 0.6) is 0 Å². The summed E-state index contributed by atoms with van der Waals surface area (Å²) in [5.41, 5.74) is 10.0. The van der Waals surface area contributed by atoms with Crippen molar-refractivity contribution in [2.24, 2.45) is 5.73 Å². The third-order valence-corrected chi connectivity index (χ3v) is 3.41. The molecule has 3 rings (SSSR count). The van der Waals surface area contributed by atoms with Crippen LogP contribution in [0.25, 0.3) is 22.4 Å². The molecular formula is C16H15N3S. The minimum Gasteiger partial charge on any atom is -0.392 e. The number of nitrogens with two attached hydrogens (primary N) is 1. The average molecular weight is 281 g/mol. The predicted octanol–water partition coefficient (Wildman–Crippen LogP) is 3.30. The van der Waals surface area contributed by atoms with Gasteiger partial charge < -0.3 is 10.3 Å². The van der Waals surface area contributed by atoms with Crippen LogP contribution >= 0.6 is 12.2 Å². The smallest absolute Gasteiger partial charge is 0.141 e. The molecule has 4 heteroatoms. The maximum absolute atomic E-state index is 5.73. The molecule has 0 atom stereocenters. The van der Waals surface area contributed by atoms with Gasteiger partial charge in [0.15, 0.2) is 0 Å². The van der Waals surface area contributed by atoms with Crippen LogP contribution in [0, 0.1) is 6.92 Å². The van der Waals surface area contributed by atoms with Crippen molar-refractivity contribution in [2.45, 2.75) is 13.5 Å². The third kappa shape index (κ3) is 2.30. The molecule has 0 radical (unpaired) electrons. The number of hydrogen-bond donors (Lipinski definition) is 1. The first kappa shape index (κ1) is 12.8. The molecule has 2 aromatic carbocycles. The Morgan fingerprint density at radius 3 is 2.55 bits per heavy atom. The minimum atomic E-state index is 0.460. The molecule has 0 saturated heterocycles. The van der Waals surface area contributed by atoms with Gasteiger partial charge in [-0.1, -0.05) is 54.2 Å². The summed E-state index contributed by atoms with van der Waals surface area (Å²) in [6.07, 6.45) is 0. The molecule has 0 aliphatic heterocycles. The van der Waals surface area contributed by atoms with Crippen LogP contribution in [0.3, 0.4) is 0 Å². The molecule has 0 amide bonds. The van der Waals surface area contributed by atoms with E-state index in [-0.39, 0.29) is 0 Å². The standard InChI is InChI=1S/C16H15N3S/c1-11-6-8-12(9-7-11)16-18-13-4-2-3-5-14(13)19(16)10-15(17)20/h2-9H,10H2,1H3,(H2,17,20). The van der Waals surface area contributed by atoms with Crippen molar-refractivity contribution >= 4 is 28.2 Å². The van der Waals surface area contributed by atoms with Crippen LogP contribution < -0.4 is 5.73 Å². The number of hydrogen-bond acceptors (Lipinski definition) is 2. The number of para-hydroxylation sites is 2. The van der Waals surface area contributed by atoms with Gasteiger partial charge in [0.25, 0.3) is 0 Å². The first-order chi connectivity index (χ1) is 9.65. The molecule has 3 nitrogen and oxygen atoms in total. The van der Waals surface area contributed by atoms with E-state index < -0.39 is 0 Å². The summed E-state index contributed by atoms with van der Waals surface area (Å²) >= 11 is 5.07. The second-order valence-electron chi connectivity index (χ2n) is 4.84. The molecule has 3 aromatic rings. The Morgan fingerprint density at radius 1 is 1.15 bits per heavy atom. The van der Waals surface area contributed by atoms with Crippen molar-refractivity contribution < 1.29 is 0 Å². The van der Waals surface area contributed by atoms with Crippen LogP contribution in [0.1, 0.15) is 5.56 Å². The lowest BCUT2D eigenvalue weighted by Gasteiger charge is -2.08. The quantitative estimate of drug-likeness (QED) is 0.749. The highest BCUT2D eigenvalue weighted by Gasteiger charge is 2.12. The summed E-state index contributed by atoms with van der Waals surface area (Å²) < 4.78 is 2.07. The highest BCUT2D eigenvalue weighted by atomic mass is 32.1. The molecule has 20 heavy (non-hydrogen) atoms. The summed E-state index contributed by atoms with van der Waals surface area (Å²) in [5.74, 6) is 0.902. The van der Waals surface area contributed by atoms with Crippen LogP contribution in [0.15, 0.2) is 48.5 Å². The van der Waals surface area contributed by atoms with Crippen molar-refractivity contribution in [2.75, 3.05) is 0 Å². The molecule has 100 valence electrons. The molecule has 0 unspecified atom stereocenters. The number of fused-ring (bicyclic) bond motifs is 1. The zero-order valence-electron chi connectivity index (χ0n) is 11.2. The zero-order chi connectivity index (χ0) is 14.1. The molecule has 1 aromatic heterocycles. The third-order valence-electron chi connectivity index (χ3n) is 3.28. The lowest BCUT2D eigenvalue weighted by Crippen LogP contribution is -2.17. The van der Waals surface area contributed by atoms with Gasteiger partial charge in [0, 0.05) is 5.56 Å². The lowest BCUT2D eigenvalue weighted by molar-refractivity contribution is 0.895. The van der Waals surface area contributed by atoms with Gasteiger partial charge in [-0.3, -0.25) is 0 Å². The van der Waals surface area contributed by atoms with E-state index in [1.165, 1.54) is 5.56 Å². The largest absolute Gasteiger partial charge is 0.392 e. The number of rotatable bonds is 3. The number of benzene rings is 2. The minimum absolute atomic E-state index is 0.460. The highest BCUT2D eigenvalue weighted by molar-refractivity contribution is 7.80. The molecule has 0 aliphatic carbocycles. The van der Waals surface area contributed by atoms with E-state index in [4.69, 9.17) is 22.9 Å². The Bertz CT molecular complexity index is 772. The van der Waals surface area contributed by atoms with Gasteiger partial charge in [0.2, 0.25) is 0 Å². The van der Waals surface area contributed by atoms with Crippen LogP contribution in [-0.2, 0) is 6.54 Å². The summed E-state index contributed by atoms with van der Waals surface area (Å²) in [6.45, 7) is 2.57. The fourth-order valence-electron chi connectivity index (χ4n) is 2.31. The summed E-state index contributed by atoms with van der Waals surface area (Å²) in [6, 6.07) is 16.3. The SMILES string of the molecule is Cc1ccc(-c2nc3ccccc3n2CC(N)=S)cc1. The van der Waals surface area contributed by atoms with Crippen molar-refractivity contribution in [1.82, 2.24) is 9.55 Å². The monoisotopic (exact) mass is 281 g/mol. The molecule has 2 N–H and O–H groups in total. The van der Waals surface area contributed by atoms with E-state index in [9.17, 15) is 0 Å². The van der Waals surface area contributed by atoms with Gasteiger partial charge in [0.1, 0.15) is 5.82 Å². The first-order valence-electron chi connectivity index (χ1n) is 6.46. The van der Waals surface area contributed by atoms with Crippen molar-refractivity contribution in [3.63, 3.8) is 0 Å². The molecule has 0 fully saturated rings. The van der Waals surface area contributed by atoms with Gasteiger partial charge in [-0.25, -0.2) is 4.98 Å². The Kier molecular flexibility index (Phi) is 3.24. The Labute approximate surface area is 123 Å². The van der Waals surface area contributed by atoms with Crippen molar-refractivity contribution in [3.05, 3.63) is 54.1 Å². The van der Waals surface area contributed by atoms with Gasteiger partial charge in [-0.2, -0.15) is 0 Å². The van der Waals surface area contributed by atoms with Gasteiger partial charge in [-0.15, -0.1) is 0 Å². The molecule has 0 aliphatic rings. The average Bonchev–Trinajstić information content (AvgIpc) is 2.78. The second kappa shape index (κ2) is 5.06. The van der Waals surface area contributed by atoms with E-state index in [2.05, 4.69) is 35.8 Å². The second-order valence-corrected chi connectivity index (χ2v) is 5.37. The molecular weight excluding hydrogens is 266 g/mol. The Morgan fingerprint density at radius 2 is 1.85 bits per heavy atom. The van der Waals surface area contributed by atoms with Gasteiger partial charge >= 0.3 is 0 Å². The highest BCUT2D eigenvalue weighted by Crippen LogP contribution is 2.25. The summed E-state index contributed by atoms with van der Waals surface area (Å²) in [5, 5.41) is 0. The van der Waals surface area contributed by atoms with Crippen LogP contribution in [0.2, 0.25) is 0 Å². The number of thiocarbonyl (C=S) groups is 1. The van der Waals surface area contributed by atoms with Crippen LogP contribution in [-0.4, -0.2) is 14.5 Å². The number of aromatic nitrogens is 2. The maximum Gasteiger partial charge on any atom is 0.141 e. The van der Waals surface area contributed by atoms with Crippen molar-refractivity contribution in [3.8, 4) is 11.4 Å². The van der Waals surface area contributed by atoms with E-state index in [0.717, 1.165) is 22.4 Å². The maximum atomic E-state index is 5.73. The number of imidazole rings is 1. The van der Waals surface area contributed by atoms with E-state index >= 15 is 0 Å².